The number of aliphatic carboxylic acids is 1. The van der Waals surface area contributed by atoms with Crippen LogP contribution in [0.3, 0.4) is 0 Å². The van der Waals surface area contributed by atoms with Gasteiger partial charge in [0.15, 0.2) is 0 Å². The van der Waals surface area contributed by atoms with Gasteiger partial charge in [0.2, 0.25) is 5.91 Å². The van der Waals surface area contributed by atoms with Crippen molar-refractivity contribution in [3.63, 3.8) is 0 Å². The van der Waals surface area contributed by atoms with E-state index in [0.29, 0.717) is 48.3 Å². The summed E-state index contributed by atoms with van der Waals surface area (Å²) in [7, 11) is 1.35. The number of pyridine rings is 1. The van der Waals surface area contributed by atoms with Gasteiger partial charge in [0.25, 0.3) is 0 Å². The highest BCUT2D eigenvalue weighted by molar-refractivity contribution is 6.31. The number of hydrogen-bond donors (Lipinski definition) is 2. The molecule has 1 amide bonds. The van der Waals surface area contributed by atoms with Crippen molar-refractivity contribution in [1.29, 1.82) is 0 Å². The Bertz CT molecular complexity index is 1760. The van der Waals surface area contributed by atoms with Crippen molar-refractivity contribution in [2.75, 3.05) is 7.11 Å². The molecule has 0 spiro atoms. The number of carbonyl (C=O) groups is 3. The standard InChI is InChI=1S/C35H31ClN2O5/c1-43-35(42)28-9-3-2-7-23(28)15-19-31(38-33(39)29-10-5-11-30(29)34(40)41)25-8-4-6-22(20-25)12-17-27-18-14-24-13-16-26(36)21-32(24)37-27/h2-4,6-9,12-14,16-18,20-21,31H,5,10-11,15,19H2,1H3,(H,38,39)(H,40,41)/b17-12+. The Morgan fingerprint density at radius 1 is 0.977 bits per heavy atom. The van der Waals surface area contributed by atoms with E-state index in [1.54, 1.807) is 12.1 Å². The van der Waals surface area contributed by atoms with E-state index in [-0.39, 0.29) is 11.5 Å². The van der Waals surface area contributed by atoms with Crippen molar-refractivity contribution < 1.29 is 24.2 Å². The Kier molecular flexibility index (Phi) is 9.32. The first-order valence-corrected chi connectivity index (χ1v) is 14.5. The molecule has 218 valence electrons. The fraction of sp³-hybridized carbons (Fsp3) is 0.200. The number of halogens is 1. The van der Waals surface area contributed by atoms with Crippen LogP contribution in [0.1, 0.15) is 64.5 Å². The van der Waals surface area contributed by atoms with Crippen LogP contribution < -0.4 is 5.32 Å². The molecule has 1 aromatic heterocycles. The first-order chi connectivity index (χ1) is 20.8. The van der Waals surface area contributed by atoms with Gasteiger partial charge in [-0.3, -0.25) is 4.79 Å². The van der Waals surface area contributed by atoms with Crippen LogP contribution in [0.2, 0.25) is 5.02 Å². The zero-order valence-corrected chi connectivity index (χ0v) is 24.4. The Morgan fingerprint density at radius 2 is 1.77 bits per heavy atom. The van der Waals surface area contributed by atoms with Crippen LogP contribution in [0.5, 0.6) is 0 Å². The number of aryl methyl sites for hydroxylation is 1. The Morgan fingerprint density at radius 3 is 2.58 bits per heavy atom. The summed E-state index contributed by atoms with van der Waals surface area (Å²) in [6, 6.07) is 24.1. The maximum absolute atomic E-state index is 13.4. The van der Waals surface area contributed by atoms with Gasteiger partial charge < -0.3 is 15.2 Å². The number of methoxy groups -OCH3 is 1. The zero-order valence-electron chi connectivity index (χ0n) is 23.7. The van der Waals surface area contributed by atoms with E-state index in [9.17, 15) is 19.5 Å². The van der Waals surface area contributed by atoms with Crippen LogP contribution >= 0.6 is 11.6 Å². The van der Waals surface area contributed by atoms with Crippen LogP contribution in [-0.4, -0.2) is 35.0 Å². The lowest BCUT2D eigenvalue weighted by molar-refractivity contribution is -0.133. The molecule has 0 saturated carbocycles. The van der Waals surface area contributed by atoms with Gasteiger partial charge in [-0.2, -0.15) is 0 Å². The van der Waals surface area contributed by atoms with E-state index in [2.05, 4.69) is 10.3 Å². The molecule has 0 bridgehead atoms. The lowest BCUT2D eigenvalue weighted by atomic mass is 9.94. The second-order valence-corrected chi connectivity index (χ2v) is 10.8. The van der Waals surface area contributed by atoms with Crippen LogP contribution in [0.4, 0.5) is 0 Å². The van der Waals surface area contributed by atoms with E-state index in [1.807, 2.05) is 78.9 Å². The number of nitrogens with one attached hydrogen (secondary N) is 1. The van der Waals surface area contributed by atoms with Crippen molar-refractivity contribution in [3.8, 4) is 0 Å². The van der Waals surface area contributed by atoms with Gasteiger partial charge in [-0.25, -0.2) is 14.6 Å². The molecule has 0 aliphatic heterocycles. The number of benzene rings is 3. The van der Waals surface area contributed by atoms with Gasteiger partial charge in [-0.05, 0) is 85.2 Å². The van der Waals surface area contributed by atoms with Gasteiger partial charge in [0.1, 0.15) is 0 Å². The molecular weight excluding hydrogens is 564 g/mol. The summed E-state index contributed by atoms with van der Waals surface area (Å²) in [6.45, 7) is 0. The number of rotatable bonds is 10. The number of carbonyl (C=O) groups excluding carboxylic acids is 2. The van der Waals surface area contributed by atoms with E-state index in [4.69, 9.17) is 16.3 Å². The number of carboxylic acid groups (broad SMARTS) is 1. The molecule has 8 heteroatoms. The first kappa shape index (κ1) is 29.7. The molecule has 5 rings (SSSR count). The summed E-state index contributed by atoms with van der Waals surface area (Å²) in [4.78, 5) is 42.1. The molecular formula is C35H31ClN2O5. The smallest absolute Gasteiger partial charge is 0.338 e. The normalized spacial score (nSPS) is 13.8. The fourth-order valence-corrected chi connectivity index (χ4v) is 5.57. The van der Waals surface area contributed by atoms with Gasteiger partial charge in [-0.15, -0.1) is 0 Å². The quantitative estimate of drug-likeness (QED) is 0.188. The monoisotopic (exact) mass is 594 g/mol. The van der Waals surface area contributed by atoms with E-state index < -0.39 is 18.0 Å². The maximum atomic E-state index is 13.4. The summed E-state index contributed by atoms with van der Waals surface area (Å²) in [5, 5.41) is 14.3. The predicted molar refractivity (Wildman–Crippen MR) is 168 cm³/mol. The maximum Gasteiger partial charge on any atom is 0.338 e. The molecule has 7 nitrogen and oxygen atoms in total. The lowest BCUT2D eigenvalue weighted by Gasteiger charge is -2.21. The molecule has 1 aliphatic rings. The predicted octanol–water partition coefficient (Wildman–Crippen LogP) is 7.20. The van der Waals surface area contributed by atoms with Crippen LogP contribution in [0.15, 0.2) is 90.0 Å². The van der Waals surface area contributed by atoms with Crippen molar-refractivity contribution in [2.45, 2.75) is 38.1 Å². The number of esters is 1. The highest BCUT2D eigenvalue weighted by Crippen LogP contribution is 2.29. The van der Waals surface area contributed by atoms with Gasteiger partial charge >= 0.3 is 11.9 Å². The minimum absolute atomic E-state index is 0.174. The molecule has 0 fully saturated rings. The summed E-state index contributed by atoms with van der Waals surface area (Å²) in [5.41, 5.74) is 5.13. The number of fused-ring (bicyclic) bond motifs is 1. The zero-order chi connectivity index (χ0) is 30.3. The Hall–Kier alpha value is -4.75. The Balaban J connectivity index is 1.42. The minimum Gasteiger partial charge on any atom is -0.478 e. The van der Waals surface area contributed by atoms with Crippen LogP contribution in [-0.2, 0) is 20.7 Å². The molecule has 4 aromatic rings. The molecule has 1 atom stereocenters. The fourth-order valence-electron chi connectivity index (χ4n) is 5.41. The number of nitrogens with zero attached hydrogens (tertiary/aromatic N) is 1. The van der Waals surface area contributed by atoms with E-state index in [1.165, 1.54) is 7.11 Å². The van der Waals surface area contributed by atoms with Gasteiger partial charge in [0, 0.05) is 21.6 Å². The molecule has 0 radical (unpaired) electrons. The van der Waals surface area contributed by atoms with Crippen molar-refractivity contribution in [3.05, 3.63) is 123 Å². The number of amides is 1. The summed E-state index contributed by atoms with van der Waals surface area (Å²) in [6.07, 6.45) is 6.29. The third-order valence-corrected chi connectivity index (χ3v) is 7.85. The SMILES string of the molecule is COC(=O)c1ccccc1CCC(NC(=O)C1=C(C(=O)O)CCC1)c1cccc(/C=C/c2ccc3ccc(Cl)cc3n2)c1. The molecule has 1 heterocycles. The molecule has 3 aromatic carbocycles. The van der Waals surface area contributed by atoms with Crippen molar-refractivity contribution >= 4 is 52.5 Å². The van der Waals surface area contributed by atoms with E-state index in [0.717, 1.165) is 33.3 Å². The molecule has 0 saturated heterocycles. The minimum atomic E-state index is -1.05. The summed E-state index contributed by atoms with van der Waals surface area (Å²) >= 11 is 6.15. The van der Waals surface area contributed by atoms with E-state index >= 15 is 0 Å². The average Bonchev–Trinajstić information content (AvgIpc) is 3.52. The van der Waals surface area contributed by atoms with Crippen LogP contribution in [0.25, 0.3) is 23.1 Å². The molecule has 2 N–H and O–H groups in total. The second kappa shape index (κ2) is 13.5. The largest absolute Gasteiger partial charge is 0.478 e. The number of ether oxygens (including phenoxy) is 1. The average molecular weight is 595 g/mol. The van der Waals surface area contributed by atoms with Crippen molar-refractivity contribution in [1.82, 2.24) is 10.3 Å². The molecule has 1 aliphatic carbocycles. The number of hydrogen-bond acceptors (Lipinski definition) is 5. The van der Waals surface area contributed by atoms with Crippen LogP contribution in [0, 0.1) is 0 Å². The Labute approximate surface area is 254 Å². The second-order valence-electron chi connectivity index (χ2n) is 10.4. The molecule has 43 heavy (non-hydrogen) atoms. The highest BCUT2D eigenvalue weighted by Gasteiger charge is 2.27. The third kappa shape index (κ3) is 7.19. The number of aromatic nitrogens is 1. The van der Waals surface area contributed by atoms with Gasteiger partial charge in [-0.1, -0.05) is 66.2 Å². The number of carboxylic acids is 1. The summed E-state index contributed by atoms with van der Waals surface area (Å²) in [5.74, 6) is -1.85. The summed E-state index contributed by atoms with van der Waals surface area (Å²) < 4.78 is 4.95. The van der Waals surface area contributed by atoms with Crippen molar-refractivity contribution in [2.24, 2.45) is 0 Å². The topological polar surface area (TPSA) is 106 Å². The lowest BCUT2D eigenvalue weighted by Crippen LogP contribution is -2.31. The molecule has 1 unspecified atom stereocenters. The first-order valence-electron chi connectivity index (χ1n) is 14.1. The highest BCUT2D eigenvalue weighted by atomic mass is 35.5. The third-order valence-electron chi connectivity index (χ3n) is 7.62. The van der Waals surface area contributed by atoms with Gasteiger partial charge in [0.05, 0.1) is 29.9 Å².